The van der Waals surface area contributed by atoms with E-state index in [2.05, 4.69) is 10.3 Å². The summed E-state index contributed by atoms with van der Waals surface area (Å²) in [5.41, 5.74) is 1.54. The van der Waals surface area contributed by atoms with Gasteiger partial charge in [0.2, 0.25) is 0 Å². The standard InChI is InChI=1S/C18H20ClN3O2/c1-12(14-6-8-15(19)9-7-14)13(2)22(3)18(24)17(23)21-16-5-4-10-20-11-16/h4-13H,1-3H3,(H,21,23)/t12-,13-/m1/s1. The molecule has 0 saturated carbocycles. The van der Waals surface area contributed by atoms with Crippen molar-refractivity contribution in [2.45, 2.75) is 25.8 Å². The molecule has 126 valence electrons. The van der Waals surface area contributed by atoms with Gasteiger partial charge in [-0.25, -0.2) is 0 Å². The van der Waals surface area contributed by atoms with Crippen molar-refractivity contribution >= 4 is 29.1 Å². The van der Waals surface area contributed by atoms with Crippen LogP contribution in [-0.2, 0) is 9.59 Å². The number of amides is 2. The summed E-state index contributed by atoms with van der Waals surface area (Å²) in [6.07, 6.45) is 3.09. The zero-order valence-electron chi connectivity index (χ0n) is 13.9. The molecular weight excluding hydrogens is 326 g/mol. The molecule has 0 aliphatic heterocycles. The Morgan fingerprint density at radius 3 is 2.42 bits per heavy atom. The summed E-state index contributed by atoms with van der Waals surface area (Å²) in [4.78, 5) is 29.8. The number of rotatable bonds is 4. The van der Waals surface area contributed by atoms with Crippen LogP contribution in [0.15, 0.2) is 48.8 Å². The normalized spacial score (nSPS) is 13.0. The summed E-state index contributed by atoms with van der Waals surface area (Å²) in [6.45, 7) is 3.92. The van der Waals surface area contributed by atoms with Crippen molar-refractivity contribution in [2.75, 3.05) is 12.4 Å². The second-order valence-corrected chi connectivity index (χ2v) is 6.13. The average Bonchev–Trinajstić information content (AvgIpc) is 2.60. The largest absolute Gasteiger partial charge is 0.334 e. The first-order valence-electron chi connectivity index (χ1n) is 7.63. The minimum atomic E-state index is -0.680. The van der Waals surface area contributed by atoms with Crippen molar-refractivity contribution in [2.24, 2.45) is 0 Å². The minimum absolute atomic E-state index is 0.0578. The Balaban J connectivity index is 2.03. The Morgan fingerprint density at radius 2 is 1.83 bits per heavy atom. The number of hydrogen-bond donors (Lipinski definition) is 1. The molecule has 0 saturated heterocycles. The van der Waals surface area contributed by atoms with Crippen molar-refractivity contribution in [3.63, 3.8) is 0 Å². The second kappa shape index (κ2) is 7.93. The first-order valence-corrected chi connectivity index (χ1v) is 8.01. The van der Waals surface area contributed by atoms with Crippen LogP contribution in [-0.4, -0.2) is 34.8 Å². The third kappa shape index (κ3) is 4.32. The zero-order valence-corrected chi connectivity index (χ0v) is 14.6. The second-order valence-electron chi connectivity index (χ2n) is 5.69. The fourth-order valence-corrected chi connectivity index (χ4v) is 2.47. The highest BCUT2D eigenvalue weighted by atomic mass is 35.5. The van der Waals surface area contributed by atoms with Gasteiger partial charge in [0.05, 0.1) is 11.9 Å². The van der Waals surface area contributed by atoms with Gasteiger partial charge in [-0.3, -0.25) is 14.6 Å². The molecule has 1 N–H and O–H groups in total. The van der Waals surface area contributed by atoms with Crippen LogP contribution in [0.25, 0.3) is 0 Å². The molecule has 24 heavy (non-hydrogen) atoms. The van der Waals surface area contributed by atoms with Crippen molar-refractivity contribution in [1.82, 2.24) is 9.88 Å². The van der Waals surface area contributed by atoms with Crippen LogP contribution in [0.5, 0.6) is 0 Å². The van der Waals surface area contributed by atoms with Crippen molar-refractivity contribution < 1.29 is 9.59 Å². The molecule has 0 radical (unpaired) electrons. The number of pyridine rings is 1. The van der Waals surface area contributed by atoms with Gasteiger partial charge >= 0.3 is 11.8 Å². The van der Waals surface area contributed by atoms with E-state index < -0.39 is 11.8 Å². The summed E-state index contributed by atoms with van der Waals surface area (Å²) in [5, 5.41) is 3.22. The van der Waals surface area contributed by atoms with Gasteiger partial charge in [0.1, 0.15) is 0 Å². The Kier molecular flexibility index (Phi) is 5.93. The van der Waals surface area contributed by atoms with E-state index in [1.165, 1.54) is 11.1 Å². The molecule has 2 atom stereocenters. The molecule has 0 bridgehead atoms. The molecule has 2 amide bonds. The van der Waals surface area contributed by atoms with Gasteiger partial charge in [0, 0.05) is 30.2 Å². The van der Waals surface area contributed by atoms with Crippen LogP contribution < -0.4 is 5.32 Å². The van der Waals surface area contributed by atoms with E-state index in [0.717, 1.165) is 5.56 Å². The topological polar surface area (TPSA) is 62.3 Å². The molecule has 6 heteroatoms. The van der Waals surface area contributed by atoms with Gasteiger partial charge in [-0.15, -0.1) is 0 Å². The molecule has 1 aromatic heterocycles. The van der Waals surface area contributed by atoms with Gasteiger partial charge in [0.15, 0.2) is 0 Å². The first kappa shape index (κ1) is 17.9. The van der Waals surface area contributed by atoms with Crippen LogP contribution in [0, 0.1) is 0 Å². The van der Waals surface area contributed by atoms with Gasteiger partial charge in [0.25, 0.3) is 0 Å². The maximum Gasteiger partial charge on any atom is 0.313 e. The van der Waals surface area contributed by atoms with E-state index in [1.54, 1.807) is 25.4 Å². The van der Waals surface area contributed by atoms with Crippen molar-refractivity contribution in [1.29, 1.82) is 0 Å². The lowest BCUT2D eigenvalue weighted by Gasteiger charge is -2.29. The van der Waals surface area contributed by atoms with Gasteiger partial charge in [-0.1, -0.05) is 30.7 Å². The highest BCUT2D eigenvalue weighted by molar-refractivity contribution is 6.39. The summed E-state index contributed by atoms with van der Waals surface area (Å²) in [6, 6.07) is 10.7. The lowest BCUT2D eigenvalue weighted by atomic mass is 9.93. The maximum absolute atomic E-state index is 12.4. The molecule has 2 aromatic rings. The fraction of sp³-hybridized carbons (Fsp3) is 0.278. The smallest absolute Gasteiger partial charge is 0.313 e. The molecule has 2 rings (SSSR count). The van der Waals surface area contributed by atoms with Crippen LogP contribution in [0.2, 0.25) is 5.02 Å². The fourth-order valence-electron chi connectivity index (χ4n) is 2.35. The number of anilines is 1. The Morgan fingerprint density at radius 1 is 1.17 bits per heavy atom. The summed E-state index contributed by atoms with van der Waals surface area (Å²) >= 11 is 5.90. The monoisotopic (exact) mass is 345 g/mol. The molecule has 1 heterocycles. The van der Waals surface area contributed by atoms with E-state index in [1.807, 2.05) is 38.1 Å². The third-order valence-corrected chi connectivity index (χ3v) is 4.42. The van der Waals surface area contributed by atoms with E-state index in [-0.39, 0.29) is 12.0 Å². The minimum Gasteiger partial charge on any atom is -0.334 e. The Bertz CT molecular complexity index is 704. The zero-order chi connectivity index (χ0) is 17.7. The van der Waals surface area contributed by atoms with E-state index in [4.69, 9.17) is 11.6 Å². The predicted molar refractivity (Wildman–Crippen MR) is 95.0 cm³/mol. The molecule has 0 aliphatic rings. The Labute approximate surface area is 146 Å². The molecule has 0 unspecified atom stereocenters. The Hall–Kier alpha value is -2.40. The number of aromatic nitrogens is 1. The number of benzene rings is 1. The van der Waals surface area contributed by atoms with Crippen LogP contribution in [0.1, 0.15) is 25.3 Å². The number of carbonyl (C=O) groups excluding carboxylic acids is 2. The molecule has 5 nitrogen and oxygen atoms in total. The van der Waals surface area contributed by atoms with Crippen LogP contribution in [0.3, 0.4) is 0 Å². The third-order valence-electron chi connectivity index (χ3n) is 4.16. The quantitative estimate of drug-likeness (QED) is 0.864. The summed E-state index contributed by atoms with van der Waals surface area (Å²) in [7, 11) is 1.63. The van der Waals surface area contributed by atoms with Crippen LogP contribution in [0.4, 0.5) is 5.69 Å². The van der Waals surface area contributed by atoms with Gasteiger partial charge in [-0.05, 0) is 36.8 Å². The number of likely N-dealkylation sites (N-methyl/N-ethyl adjacent to an activating group) is 1. The first-order chi connectivity index (χ1) is 11.4. The van der Waals surface area contributed by atoms with Crippen molar-refractivity contribution in [3.8, 4) is 0 Å². The highest BCUT2D eigenvalue weighted by Crippen LogP contribution is 2.24. The van der Waals surface area contributed by atoms with Crippen LogP contribution >= 0.6 is 11.6 Å². The summed E-state index contributed by atoms with van der Waals surface area (Å²) in [5.74, 6) is -1.21. The number of halogens is 1. The average molecular weight is 346 g/mol. The summed E-state index contributed by atoms with van der Waals surface area (Å²) < 4.78 is 0. The van der Waals surface area contributed by atoms with Crippen molar-refractivity contribution in [3.05, 3.63) is 59.4 Å². The van der Waals surface area contributed by atoms with Gasteiger partial charge in [-0.2, -0.15) is 0 Å². The lowest BCUT2D eigenvalue weighted by Crippen LogP contribution is -2.44. The van der Waals surface area contributed by atoms with E-state index >= 15 is 0 Å². The maximum atomic E-state index is 12.4. The molecular formula is C18H20ClN3O2. The van der Waals surface area contributed by atoms with E-state index in [9.17, 15) is 9.59 Å². The molecule has 1 aromatic carbocycles. The number of hydrogen-bond acceptors (Lipinski definition) is 3. The highest BCUT2D eigenvalue weighted by Gasteiger charge is 2.27. The predicted octanol–water partition coefficient (Wildman–Crippen LogP) is 3.32. The molecule has 0 spiro atoms. The lowest BCUT2D eigenvalue weighted by molar-refractivity contribution is -0.143. The number of carbonyl (C=O) groups is 2. The number of nitrogens with zero attached hydrogens (tertiary/aromatic N) is 2. The molecule has 0 fully saturated rings. The van der Waals surface area contributed by atoms with E-state index in [0.29, 0.717) is 10.7 Å². The van der Waals surface area contributed by atoms with Gasteiger partial charge < -0.3 is 10.2 Å². The molecule has 0 aliphatic carbocycles. The number of nitrogens with one attached hydrogen (secondary N) is 1. The SMILES string of the molecule is C[C@H]([C@@H](C)c1ccc(Cl)cc1)N(C)C(=O)C(=O)Nc1cccnc1.